The first-order valence-electron chi connectivity index (χ1n) is 9.64. The third-order valence-corrected chi connectivity index (χ3v) is 4.93. The van der Waals surface area contributed by atoms with E-state index in [9.17, 15) is 14.4 Å². The van der Waals surface area contributed by atoms with Crippen molar-refractivity contribution in [3.63, 3.8) is 0 Å². The molecule has 154 valence electrons. The standard InChI is InChI=1S/C20H24N4O5/c1-2-28-19(26)7-8-23-10-9-22(14-18(23)25)12-17-13-24(20(27)29-17)16-5-3-15(11-21)4-6-16/h3-6,17H,2,7-10,12-14H2,1H3. The number of rotatable bonds is 7. The van der Waals surface area contributed by atoms with Crippen LogP contribution in [0.2, 0.25) is 0 Å². The minimum atomic E-state index is -0.431. The van der Waals surface area contributed by atoms with E-state index in [1.54, 1.807) is 36.1 Å². The Morgan fingerprint density at radius 2 is 2.03 bits per heavy atom. The quantitative estimate of drug-likeness (QED) is 0.629. The molecule has 9 heteroatoms. The molecule has 9 nitrogen and oxygen atoms in total. The number of hydrogen-bond acceptors (Lipinski definition) is 7. The zero-order valence-electron chi connectivity index (χ0n) is 16.4. The summed E-state index contributed by atoms with van der Waals surface area (Å²) in [5.41, 5.74) is 1.20. The van der Waals surface area contributed by atoms with E-state index in [1.165, 1.54) is 4.90 Å². The van der Waals surface area contributed by atoms with E-state index in [2.05, 4.69) is 0 Å². The highest BCUT2D eigenvalue weighted by Crippen LogP contribution is 2.22. The minimum absolute atomic E-state index is 0.0474. The molecular weight excluding hydrogens is 376 g/mol. The van der Waals surface area contributed by atoms with Crippen molar-refractivity contribution < 1.29 is 23.9 Å². The number of cyclic esters (lactones) is 1. The summed E-state index contributed by atoms with van der Waals surface area (Å²) in [6.07, 6.45) is -0.574. The van der Waals surface area contributed by atoms with Gasteiger partial charge >= 0.3 is 12.1 Å². The number of carbonyl (C=O) groups is 3. The third-order valence-electron chi connectivity index (χ3n) is 4.93. The lowest BCUT2D eigenvalue weighted by Crippen LogP contribution is -2.52. The van der Waals surface area contributed by atoms with Gasteiger partial charge in [-0.15, -0.1) is 0 Å². The Labute approximate surface area is 169 Å². The summed E-state index contributed by atoms with van der Waals surface area (Å²) in [4.78, 5) is 41.2. The van der Waals surface area contributed by atoms with Crippen molar-refractivity contribution in [3.05, 3.63) is 29.8 Å². The van der Waals surface area contributed by atoms with Crippen LogP contribution in [-0.2, 0) is 19.1 Å². The van der Waals surface area contributed by atoms with Crippen LogP contribution in [0.15, 0.2) is 24.3 Å². The molecule has 0 aliphatic carbocycles. The van der Waals surface area contributed by atoms with E-state index in [-0.39, 0.29) is 30.9 Å². The molecular formula is C20H24N4O5. The van der Waals surface area contributed by atoms with Crippen LogP contribution in [0.25, 0.3) is 0 Å². The molecule has 1 atom stereocenters. The smallest absolute Gasteiger partial charge is 0.414 e. The van der Waals surface area contributed by atoms with E-state index in [4.69, 9.17) is 14.7 Å². The van der Waals surface area contributed by atoms with Gasteiger partial charge in [-0.05, 0) is 31.2 Å². The molecule has 1 aromatic carbocycles. The number of nitriles is 1. The highest BCUT2D eigenvalue weighted by atomic mass is 16.6. The van der Waals surface area contributed by atoms with Gasteiger partial charge in [0.1, 0.15) is 6.10 Å². The zero-order valence-corrected chi connectivity index (χ0v) is 16.4. The summed E-state index contributed by atoms with van der Waals surface area (Å²) >= 11 is 0. The summed E-state index contributed by atoms with van der Waals surface area (Å²) in [6.45, 7) is 4.71. The molecule has 1 aromatic rings. The van der Waals surface area contributed by atoms with E-state index < -0.39 is 6.09 Å². The molecule has 0 N–H and O–H groups in total. The van der Waals surface area contributed by atoms with Crippen LogP contribution < -0.4 is 4.90 Å². The van der Waals surface area contributed by atoms with E-state index in [0.29, 0.717) is 50.6 Å². The largest absolute Gasteiger partial charge is 0.466 e. The van der Waals surface area contributed by atoms with Gasteiger partial charge in [-0.3, -0.25) is 19.4 Å². The second kappa shape index (κ2) is 9.39. The number of amides is 2. The van der Waals surface area contributed by atoms with Gasteiger partial charge in [0, 0.05) is 31.9 Å². The summed E-state index contributed by atoms with van der Waals surface area (Å²) in [7, 11) is 0. The molecule has 0 bridgehead atoms. The second-order valence-corrected chi connectivity index (χ2v) is 6.95. The number of carbonyl (C=O) groups excluding carboxylic acids is 3. The van der Waals surface area contributed by atoms with Crippen LogP contribution in [0.4, 0.5) is 10.5 Å². The number of esters is 1. The molecule has 1 unspecified atom stereocenters. The molecule has 0 radical (unpaired) electrons. The Balaban J connectivity index is 1.48. The van der Waals surface area contributed by atoms with Gasteiger partial charge in [-0.25, -0.2) is 4.79 Å². The van der Waals surface area contributed by atoms with Gasteiger partial charge in [0.05, 0.1) is 37.7 Å². The number of hydrogen-bond donors (Lipinski definition) is 0. The molecule has 2 saturated heterocycles. The highest BCUT2D eigenvalue weighted by Gasteiger charge is 2.35. The maximum atomic E-state index is 12.3. The Morgan fingerprint density at radius 1 is 1.28 bits per heavy atom. The molecule has 2 aliphatic heterocycles. The Morgan fingerprint density at radius 3 is 2.69 bits per heavy atom. The zero-order chi connectivity index (χ0) is 20.8. The number of ether oxygens (including phenoxy) is 2. The molecule has 2 aliphatic rings. The van der Waals surface area contributed by atoms with Crippen LogP contribution in [0.5, 0.6) is 0 Å². The maximum absolute atomic E-state index is 12.3. The third kappa shape index (κ3) is 5.23. The lowest BCUT2D eigenvalue weighted by molar-refractivity contribution is -0.144. The average molecular weight is 400 g/mol. The monoisotopic (exact) mass is 400 g/mol. The van der Waals surface area contributed by atoms with Gasteiger partial charge in [-0.2, -0.15) is 5.26 Å². The molecule has 0 spiro atoms. The van der Waals surface area contributed by atoms with Crippen molar-refractivity contribution in [3.8, 4) is 6.07 Å². The first kappa shape index (κ1) is 20.6. The van der Waals surface area contributed by atoms with Crippen LogP contribution >= 0.6 is 0 Å². The van der Waals surface area contributed by atoms with Gasteiger partial charge in [0.15, 0.2) is 0 Å². The van der Waals surface area contributed by atoms with E-state index in [1.807, 2.05) is 11.0 Å². The normalized spacial score (nSPS) is 19.8. The van der Waals surface area contributed by atoms with Crippen LogP contribution in [0.1, 0.15) is 18.9 Å². The summed E-state index contributed by atoms with van der Waals surface area (Å²) in [5.74, 6) is -0.350. The van der Waals surface area contributed by atoms with Gasteiger partial charge in [-0.1, -0.05) is 0 Å². The van der Waals surface area contributed by atoms with Crippen molar-refractivity contribution in [1.29, 1.82) is 5.26 Å². The Kier molecular flexibility index (Phi) is 6.67. The van der Waals surface area contributed by atoms with Crippen molar-refractivity contribution >= 4 is 23.7 Å². The van der Waals surface area contributed by atoms with Crippen molar-refractivity contribution in [2.45, 2.75) is 19.4 Å². The highest BCUT2D eigenvalue weighted by molar-refractivity contribution is 5.89. The topological polar surface area (TPSA) is 103 Å². The van der Waals surface area contributed by atoms with E-state index >= 15 is 0 Å². The first-order chi connectivity index (χ1) is 14.0. The second-order valence-electron chi connectivity index (χ2n) is 6.95. The van der Waals surface area contributed by atoms with Crippen molar-refractivity contribution in [2.75, 3.05) is 50.8 Å². The van der Waals surface area contributed by atoms with Crippen LogP contribution in [0, 0.1) is 11.3 Å². The number of anilines is 1. The minimum Gasteiger partial charge on any atom is -0.466 e. The van der Waals surface area contributed by atoms with E-state index in [0.717, 1.165) is 0 Å². The first-order valence-corrected chi connectivity index (χ1v) is 9.64. The van der Waals surface area contributed by atoms with Crippen molar-refractivity contribution in [2.24, 2.45) is 0 Å². The fourth-order valence-electron chi connectivity index (χ4n) is 3.44. The average Bonchev–Trinajstić information content (AvgIpc) is 3.07. The molecule has 0 aromatic heterocycles. The van der Waals surface area contributed by atoms with Crippen LogP contribution in [-0.4, -0.2) is 79.7 Å². The summed E-state index contributed by atoms with van der Waals surface area (Å²) in [5, 5.41) is 8.88. The SMILES string of the molecule is CCOC(=O)CCN1CCN(CC2CN(c3ccc(C#N)cc3)C(=O)O2)CC1=O. The van der Waals surface area contributed by atoms with Crippen molar-refractivity contribution in [1.82, 2.24) is 9.80 Å². The predicted molar refractivity (Wildman–Crippen MR) is 103 cm³/mol. The number of benzene rings is 1. The molecule has 2 fully saturated rings. The van der Waals surface area contributed by atoms with Gasteiger partial charge in [0.25, 0.3) is 0 Å². The molecule has 2 amide bonds. The summed E-state index contributed by atoms with van der Waals surface area (Å²) in [6, 6.07) is 8.79. The fourth-order valence-corrected chi connectivity index (χ4v) is 3.44. The lowest BCUT2D eigenvalue weighted by atomic mass is 10.2. The molecule has 2 heterocycles. The Bertz CT molecular complexity index is 804. The fraction of sp³-hybridized carbons (Fsp3) is 0.500. The number of piperazine rings is 1. The number of nitrogens with zero attached hydrogens (tertiary/aromatic N) is 4. The molecule has 29 heavy (non-hydrogen) atoms. The van der Waals surface area contributed by atoms with Gasteiger partial charge in [0.2, 0.25) is 5.91 Å². The van der Waals surface area contributed by atoms with Crippen LogP contribution in [0.3, 0.4) is 0 Å². The maximum Gasteiger partial charge on any atom is 0.414 e. The summed E-state index contributed by atoms with van der Waals surface area (Å²) < 4.78 is 10.3. The van der Waals surface area contributed by atoms with Gasteiger partial charge < -0.3 is 14.4 Å². The predicted octanol–water partition coefficient (Wildman–Crippen LogP) is 0.981. The molecule has 0 saturated carbocycles. The molecule has 3 rings (SSSR count). The Hall–Kier alpha value is -3.12. The lowest BCUT2D eigenvalue weighted by Gasteiger charge is -2.34.